The van der Waals surface area contributed by atoms with E-state index in [1.165, 1.54) is 6.42 Å². The fraction of sp³-hybridized carbons (Fsp3) is 0.643. The highest BCUT2D eigenvalue weighted by atomic mass is 15.2. The van der Waals surface area contributed by atoms with Crippen LogP contribution in [0.4, 0.5) is 11.8 Å². The summed E-state index contributed by atoms with van der Waals surface area (Å²) >= 11 is 0. The lowest BCUT2D eigenvalue weighted by molar-refractivity contribution is 0.396. The first-order chi connectivity index (χ1) is 10.2. The van der Waals surface area contributed by atoms with Crippen LogP contribution in [-0.4, -0.2) is 58.8 Å². The zero-order valence-electron chi connectivity index (χ0n) is 13.1. The molecular formula is C14H25N7. The second-order valence-electron chi connectivity index (χ2n) is 5.39. The smallest absolute Gasteiger partial charge is 0.226 e. The first kappa shape index (κ1) is 15.5. The van der Waals surface area contributed by atoms with Crippen LogP contribution in [0.15, 0.2) is 6.20 Å². The molecule has 0 bridgehead atoms. The summed E-state index contributed by atoms with van der Waals surface area (Å²) in [5.74, 6) is 1.49. The number of hydrogen-bond donors (Lipinski definition) is 3. The van der Waals surface area contributed by atoms with Crippen LogP contribution in [0.2, 0.25) is 0 Å². The van der Waals surface area contributed by atoms with Crippen LogP contribution in [0.5, 0.6) is 0 Å². The number of aromatic amines is 1. The number of fused-ring (bicyclic) bond motifs is 1. The number of nitrogens with one attached hydrogen (secondary N) is 3. The molecule has 7 heteroatoms. The third-order valence-electron chi connectivity index (χ3n) is 3.17. The Kier molecular flexibility index (Phi) is 5.74. The van der Waals surface area contributed by atoms with Gasteiger partial charge in [-0.3, -0.25) is 5.10 Å². The van der Waals surface area contributed by atoms with Crippen molar-refractivity contribution in [1.29, 1.82) is 0 Å². The van der Waals surface area contributed by atoms with Crippen LogP contribution in [0.3, 0.4) is 0 Å². The molecule has 0 aliphatic rings. The number of rotatable bonds is 9. The SMILES string of the molecule is CCCNc1nc(NCCCCN(C)C)c2cn[nH]c2n1. The van der Waals surface area contributed by atoms with Crippen molar-refractivity contribution in [3.63, 3.8) is 0 Å². The van der Waals surface area contributed by atoms with Crippen LogP contribution >= 0.6 is 0 Å². The van der Waals surface area contributed by atoms with E-state index in [2.05, 4.69) is 56.7 Å². The van der Waals surface area contributed by atoms with Crippen molar-refractivity contribution < 1.29 is 0 Å². The Bertz CT molecular complexity index is 549. The summed E-state index contributed by atoms with van der Waals surface area (Å²) in [6, 6.07) is 0. The zero-order chi connectivity index (χ0) is 15.1. The average Bonchev–Trinajstić information content (AvgIpc) is 2.92. The summed E-state index contributed by atoms with van der Waals surface area (Å²) in [6.45, 7) is 4.99. The fourth-order valence-corrected chi connectivity index (χ4v) is 2.05. The Morgan fingerprint density at radius 1 is 1.14 bits per heavy atom. The largest absolute Gasteiger partial charge is 0.369 e. The van der Waals surface area contributed by atoms with Gasteiger partial charge < -0.3 is 15.5 Å². The van der Waals surface area contributed by atoms with Gasteiger partial charge in [-0.2, -0.15) is 15.1 Å². The van der Waals surface area contributed by atoms with Crippen molar-refractivity contribution in [2.24, 2.45) is 0 Å². The van der Waals surface area contributed by atoms with Gasteiger partial charge in [0, 0.05) is 13.1 Å². The van der Waals surface area contributed by atoms with Crippen molar-refractivity contribution in [2.75, 3.05) is 44.4 Å². The first-order valence-electron chi connectivity index (χ1n) is 7.54. The predicted molar refractivity (Wildman–Crippen MR) is 86.7 cm³/mol. The minimum absolute atomic E-state index is 0.643. The molecule has 2 aromatic heterocycles. The van der Waals surface area contributed by atoms with Crippen LogP contribution in [0.1, 0.15) is 26.2 Å². The molecule has 0 aliphatic carbocycles. The Labute approximate surface area is 125 Å². The summed E-state index contributed by atoms with van der Waals surface area (Å²) in [4.78, 5) is 11.2. The van der Waals surface area contributed by atoms with E-state index in [1.54, 1.807) is 6.20 Å². The molecule has 0 spiro atoms. The first-order valence-corrected chi connectivity index (χ1v) is 7.54. The summed E-state index contributed by atoms with van der Waals surface area (Å²) in [7, 11) is 4.19. The topological polar surface area (TPSA) is 81.8 Å². The van der Waals surface area contributed by atoms with Gasteiger partial charge in [0.25, 0.3) is 0 Å². The van der Waals surface area contributed by atoms with E-state index in [0.29, 0.717) is 5.95 Å². The van der Waals surface area contributed by atoms with Crippen molar-refractivity contribution >= 4 is 22.8 Å². The molecule has 2 aromatic rings. The number of hydrogen-bond acceptors (Lipinski definition) is 6. The predicted octanol–water partition coefficient (Wildman–Crippen LogP) is 1.93. The summed E-state index contributed by atoms with van der Waals surface area (Å²) < 4.78 is 0. The number of H-pyrrole nitrogens is 1. The van der Waals surface area contributed by atoms with Gasteiger partial charge in [-0.15, -0.1) is 0 Å². The minimum Gasteiger partial charge on any atom is -0.369 e. The Balaban J connectivity index is 1.98. The number of unbranched alkanes of at least 4 members (excludes halogenated alkanes) is 1. The van der Waals surface area contributed by atoms with Gasteiger partial charge >= 0.3 is 0 Å². The van der Waals surface area contributed by atoms with E-state index in [1.807, 2.05) is 0 Å². The molecule has 2 rings (SSSR count). The minimum atomic E-state index is 0.643. The summed E-state index contributed by atoms with van der Waals surface area (Å²) in [6.07, 6.45) is 5.08. The summed E-state index contributed by atoms with van der Waals surface area (Å²) in [5, 5.41) is 14.5. The lowest BCUT2D eigenvalue weighted by Crippen LogP contribution is -2.14. The van der Waals surface area contributed by atoms with E-state index >= 15 is 0 Å². The highest BCUT2D eigenvalue weighted by Gasteiger charge is 2.08. The number of aromatic nitrogens is 4. The number of nitrogens with zero attached hydrogens (tertiary/aromatic N) is 4. The van der Waals surface area contributed by atoms with Crippen molar-refractivity contribution in [3.05, 3.63) is 6.20 Å². The quantitative estimate of drug-likeness (QED) is 0.612. The molecule has 0 fully saturated rings. The standard InChI is InChI=1S/C14H25N7/c1-4-7-16-14-18-12(11-10-17-20-13(11)19-14)15-8-5-6-9-21(2)3/h10H,4-9H2,1-3H3,(H3,15,16,17,18,19,20). The van der Waals surface area contributed by atoms with Gasteiger partial charge in [0.15, 0.2) is 5.65 Å². The van der Waals surface area contributed by atoms with Gasteiger partial charge in [-0.1, -0.05) is 6.92 Å². The molecule has 21 heavy (non-hydrogen) atoms. The third kappa shape index (κ3) is 4.56. The Hall–Kier alpha value is -1.89. The van der Waals surface area contributed by atoms with E-state index in [9.17, 15) is 0 Å². The molecule has 0 atom stereocenters. The summed E-state index contributed by atoms with van der Waals surface area (Å²) in [5.41, 5.74) is 0.763. The van der Waals surface area contributed by atoms with Crippen LogP contribution < -0.4 is 10.6 Å². The molecular weight excluding hydrogens is 266 g/mol. The highest BCUT2D eigenvalue weighted by Crippen LogP contribution is 2.19. The van der Waals surface area contributed by atoms with Crippen molar-refractivity contribution in [2.45, 2.75) is 26.2 Å². The lowest BCUT2D eigenvalue weighted by atomic mass is 10.3. The van der Waals surface area contributed by atoms with Gasteiger partial charge in [0.2, 0.25) is 5.95 Å². The van der Waals surface area contributed by atoms with E-state index in [-0.39, 0.29) is 0 Å². The van der Waals surface area contributed by atoms with E-state index in [4.69, 9.17) is 0 Å². The van der Waals surface area contributed by atoms with Crippen LogP contribution in [-0.2, 0) is 0 Å². The Morgan fingerprint density at radius 3 is 2.76 bits per heavy atom. The molecule has 0 saturated carbocycles. The molecule has 3 N–H and O–H groups in total. The second kappa shape index (κ2) is 7.78. The van der Waals surface area contributed by atoms with Crippen molar-refractivity contribution in [3.8, 4) is 0 Å². The van der Waals surface area contributed by atoms with Gasteiger partial charge in [0.05, 0.1) is 11.6 Å². The Morgan fingerprint density at radius 2 is 2.00 bits per heavy atom. The average molecular weight is 291 g/mol. The van der Waals surface area contributed by atoms with Gasteiger partial charge in [0.1, 0.15) is 5.82 Å². The molecule has 0 radical (unpaired) electrons. The second-order valence-corrected chi connectivity index (χ2v) is 5.39. The van der Waals surface area contributed by atoms with Crippen LogP contribution in [0.25, 0.3) is 11.0 Å². The molecule has 0 saturated heterocycles. The van der Waals surface area contributed by atoms with Gasteiger partial charge in [-0.25, -0.2) is 0 Å². The maximum atomic E-state index is 4.54. The maximum absolute atomic E-state index is 4.54. The molecule has 7 nitrogen and oxygen atoms in total. The molecule has 0 unspecified atom stereocenters. The molecule has 0 amide bonds. The number of anilines is 2. The maximum Gasteiger partial charge on any atom is 0.226 e. The monoisotopic (exact) mass is 291 g/mol. The molecule has 0 aromatic carbocycles. The molecule has 116 valence electrons. The lowest BCUT2D eigenvalue weighted by Gasteiger charge is -2.11. The molecule has 2 heterocycles. The third-order valence-corrected chi connectivity index (χ3v) is 3.17. The zero-order valence-corrected chi connectivity index (χ0v) is 13.1. The van der Waals surface area contributed by atoms with E-state index < -0.39 is 0 Å². The fourth-order valence-electron chi connectivity index (χ4n) is 2.05. The van der Waals surface area contributed by atoms with Crippen molar-refractivity contribution in [1.82, 2.24) is 25.1 Å². The van der Waals surface area contributed by atoms with Gasteiger partial charge in [-0.05, 0) is 39.9 Å². The normalized spacial score (nSPS) is 11.2. The van der Waals surface area contributed by atoms with E-state index in [0.717, 1.165) is 49.3 Å². The molecule has 0 aliphatic heterocycles. The highest BCUT2D eigenvalue weighted by molar-refractivity contribution is 5.86. The van der Waals surface area contributed by atoms with Crippen LogP contribution in [0, 0.1) is 0 Å².